The van der Waals surface area contributed by atoms with Crippen molar-refractivity contribution in [3.63, 3.8) is 0 Å². The minimum Gasteiger partial charge on any atom is -0.347 e. The van der Waals surface area contributed by atoms with Gasteiger partial charge in [0.1, 0.15) is 0 Å². The van der Waals surface area contributed by atoms with Gasteiger partial charge >= 0.3 is 0 Å². The van der Waals surface area contributed by atoms with Crippen molar-refractivity contribution in [2.75, 3.05) is 0 Å². The molecule has 2 heterocycles. The summed E-state index contributed by atoms with van der Waals surface area (Å²) in [5.41, 5.74) is 1.12. The van der Waals surface area contributed by atoms with Gasteiger partial charge < -0.3 is 10.3 Å². The van der Waals surface area contributed by atoms with E-state index in [1.54, 1.807) is 17.7 Å². The fourth-order valence-corrected chi connectivity index (χ4v) is 1.79. The molecule has 2 rings (SSSR count). The van der Waals surface area contributed by atoms with Gasteiger partial charge in [-0.25, -0.2) is 4.98 Å². The minimum atomic E-state index is 0.845. The number of nitrogens with zero attached hydrogens (tertiary/aromatic N) is 1. The van der Waals surface area contributed by atoms with Crippen LogP contribution in [0.25, 0.3) is 0 Å². The number of hydrogen-bond donors (Lipinski definition) is 2. The highest BCUT2D eigenvalue weighted by molar-refractivity contribution is 7.09. The number of rotatable bonds is 4. The largest absolute Gasteiger partial charge is 0.347 e. The van der Waals surface area contributed by atoms with Gasteiger partial charge in [-0.15, -0.1) is 11.3 Å². The van der Waals surface area contributed by atoms with Gasteiger partial charge in [0.05, 0.1) is 6.33 Å². The van der Waals surface area contributed by atoms with E-state index in [1.807, 2.05) is 6.20 Å². The standard InChI is InChI=1S/C9H11N3S/c1-2-9(13-3-1)6-10-4-8-5-11-7-12-8/h1-3,5,7,10H,4,6H2,(H,11,12). The Morgan fingerprint density at radius 2 is 2.46 bits per heavy atom. The van der Waals surface area contributed by atoms with Gasteiger partial charge in [0.2, 0.25) is 0 Å². The maximum Gasteiger partial charge on any atom is 0.0922 e. The third-order valence-corrected chi connectivity index (χ3v) is 2.63. The molecule has 0 amide bonds. The van der Waals surface area contributed by atoms with Crippen LogP contribution in [0.5, 0.6) is 0 Å². The molecular formula is C9H11N3S. The van der Waals surface area contributed by atoms with Crippen LogP contribution in [-0.4, -0.2) is 9.97 Å². The van der Waals surface area contributed by atoms with E-state index in [4.69, 9.17) is 0 Å². The second-order valence-corrected chi connectivity index (χ2v) is 3.79. The molecule has 2 aromatic heterocycles. The second kappa shape index (κ2) is 4.20. The van der Waals surface area contributed by atoms with Gasteiger partial charge in [-0.1, -0.05) is 6.07 Å². The molecule has 0 radical (unpaired) electrons. The predicted octanol–water partition coefficient (Wildman–Crippen LogP) is 1.76. The van der Waals surface area contributed by atoms with E-state index in [0.717, 1.165) is 18.8 Å². The summed E-state index contributed by atoms with van der Waals surface area (Å²) in [6.07, 6.45) is 3.53. The normalized spacial score (nSPS) is 10.5. The topological polar surface area (TPSA) is 40.7 Å². The Labute approximate surface area is 80.8 Å². The van der Waals surface area contributed by atoms with Crippen LogP contribution in [0.2, 0.25) is 0 Å². The highest BCUT2D eigenvalue weighted by atomic mass is 32.1. The molecule has 0 saturated heterocycles. The second-order valence-electron chi connectivity index (χ2n) is 2.76. The Morgan fingerprint density at radius 1 is 1.46 bits per heavy atom. The molecule has 3 nitrogen and oxygen atoms in total. The van der Waals surface area contributed by atoms with Crippen LogP contribution in [0.15, 0.2) is 30.0 Å². The third kappa shape index (κ3) is 2.40. The van der Waals surface area contributed by atoms with Crippen LogP contribution in [0, 0.1) is 0 Å². The molecule has 4 heteroatoms. The van der Waals surface area contributed by atoms with Crippen molar-refractivity contribution >= 4 is 11.3 Å². The maximum absolute atomic E-state index is 3.94. The van der Waals surface area contributed by atoms with Crippen molar-refractivity contribution in [3.8, 4) is 0 Å². The van der Waals surface area contributed by atoms with Gasteiger partial charge in [-0.2, -0.15) is 0 Å². The van der Waals surface area contributed by atoms with E-state index in [1.165, 1.54) is 4.88 Å². The lowest BCUT2D eigenvalue weighted by Gasteiger charge is -1.99. The zero-order valence-electron chi connectivity index (χ0n) is 7.16. The molecule has 0 aliphatic rings. The summed E-state index contributed by atoms with van der Waals surface area (Å²) in [4.78, 5) is 8.35. The molecule has 0 spiro atoms. The first-order chi connectivity index (χ1) is 6.45. The highest BCUT2D eigenvalue weighted by Gasteiger charge is 1.94. The fraction of sp³-hybridized carbons (Fsp3) is 0.222. The van der Waals surface area contributed by atoms with Crippen LogP contribution < -0.4 is 5.32 Å². The van der Waals surface area contributed by atoms with E-state index < -0.39 is 0 Å². The molecule has 0 bridgehead atoms. The van der Waals surface area contributed by atoms with Gasteiger partial charge in [-0.05, 0) is 11.4 Å². The van der Waals surface area contributed by atoms with Crippen molar-refractivity contribution in [1.29, 1.82) is 0 Å². The first-order valence-electron chi connectivity index (χ1n) is 4.15. The molecule has 13 heavy (non-hydrogen) atoms. The first-order valence-corrected chi connectivity index (χ1v) is 5.03. The number of aromatic amines is 1. The van der Waals surface area contributed by atoms with Crippen molar-refractivity contribution in [1.82, 2.24) is 15.3 Å². The van der Waals surface area contributed by atoms with E-state index in [9.17, 15) is 0 Å². The molecular weight excluding hydrogens is 182 g/mol. The quantitative estimate of drug-likeness (QED) is 0.776. The van der Waals surface area contributed by atoms with E-state index in [-0.39, 0.29) is 0 Å². The van der Waals surface area contributed by atoms with Gasteiger partial charge in [0.25, 0.3) is 0 Å². The molecule has 2 aromatic rings. The van der Waals surface area contributed by atoms with Crippen LogP contribution >= 0.6 is 11.3 Å². The number of imidazole rings is 1. The Hall–Kier alpha value is -1.13. The SMILES string of the molecule is c1csc(CNCc2cnc[nH]2)c1. The number of nitrogens with one attached hydrogen (secondary N) is 2. The summed E-state index contributed by atoms with van der Waals surface area (Å²) >= 11 is 1.77. The van der Waals surface area contributed by atoms with Gasteiger partial charge in [0, 0.05) is 29.9 Å². The van der Waals surface area contributed by atoms with E-state index in [0.29, 0.717) is 0 Å². The third-order valence-electron chi connectivity index (χ3n) is 1.75. The monoisotopic (exact) mass is 193 g/mol. The highest BCUT2D eigenvalue weighted by Crippen LogP contribution is 2.07. The molecule has 0 atom stereocenters. The van der Waals surface area contributed by atoms with Gasteiger partial charge in [0.15, 0.2) is 0 Å². The number of hydrogen-bond acceptors (Lipinski definition) is 3. The summed E-state index contributed by atoms with van der Waals surface area (Å²) in [5, 5.41) is 5.42. The molecule has 0 saturated carbocycles. The van der Waals surface area contributed by atoms with E-state index in [2.05, 4.69) is 32.8 Å². The van der Waals surface area contributed by atoms with Crippen LogP contribution in [0.1, 0.15) is 10.6 Å². The Morgan fingerprint density at radius 3 is 3.15 bits per heavy atom. The molecule has 68 valence electrons. The maximum atomic E-state index is 3.94. The van der Waals surface area contributed by atoms with Crippen molar-refractivity contribution in [3.05, 3.63) is 40.6 Å². The van der Waals surface area contributed by atoms with E-state index >= 15 is 0 Å². The summed E-state index contributed by atoms with van der Waals surface area (Å²) in [5.74, 6) is 0. The Kier molecular flexibility index (Phi) is 2.74. The van der Waals surface area contributed by atoms with Crippen molar-refractivity contribution < 1.29 is 0 Å². The summed E-state index contributed by atoms with van der Waals surface area (Å²) < 4.78 is 0. The lowest BCUT2D eigenvalue weighted by Crippen LogP contribution is -2.11. The van der Waals surface area contributed by atoms with Crippen LogP contribution in [-0.2, 0) is 13.1 Å². The van der Waals surface area contributed by atoms with Crippen molar-refractivity contribution in [2.24, 2.45) is 0 Å². The average Bonchev–Trinajstić information content (AvgIpc) is 2.75. The number of thiophene rings is 1. The molecule has 0 aliphatic heterocycles. The smallest absolute Gasteiger partial charge is 0.0922 e. The van der Waals surface area contributed by atoms with Crippen molar-refractivity contribution in [2.45, 2.75) is 13.1 Å². The zero-order chi connectivity index (χ0) is 8.93. The minimum absolute atomic E-state index is 0.845. The summed E-state index contributed by atoms with van der Waals surface area (Å²) in [6, 6.07) is 4.20. The summed E-state index contributed by atoms with van der Waals surface area (Å²) in [6.45, 7) is 1.77. The molecule has 0 aromatic carbocycles. The summed E-state index contributed by atoms with van der Waals surface area (Å²) in [7, 11) is 0. The molecule has 2 N–H and O–H groups in total. The Balaban J connectivity index is 1.76. The van der Waals surface area contributed by atoms with Gasteiger partial charge in [-0.3, -0.25) is 0 Å². The van der Waals surface area contributed by atoms with Crippen LogP contribution in [0.3, 0.4) is 0 Å². The fourth-order valence-electron chi connectivity index (χ4n) is 1.11. The zero-order valence-corrected chi connectivity index (χ0v) is 7.97. The lowest BCUT2D eigenvalue weighted by atomic mass is 10.4. The molecule has 0 unspecified atom stereocenters. The van der Waals surface area contributed by atoms with Crippen LogP contribution in [0.4, 0.5) is 0 Å². The Bertz CT molecular complexity index is 291. The lowest BCUT2D eigenvalue weighted by molar-refractivity contribution is 0.689. The number of H-pyrrole nitrogens is 1. The predicted molar refractivity (Wildman–Crippen MR) is 53.5 cm³/mol. The number of aromatic nitrogens is 2. The average molecular weight is 193 g/mol. The molecule has 0 aliphatic carbocycles. The first kappa shape index (κ1) is 8.47. The molecule has 0 fully saturated rings.